The van der Waals surface area contributed by atoms with Crippen molar-refractivity contribution in [3.8, 4) is 0 Å². The van der Waals surface area contributed by atoms with Crippen LogP contribution in [0.2, 0.25) is 0 Å². The maximum Gasteiger partial charge on any atom is 0.251 e. The van der Waals surface area contributed by atoms with E-state index in [0.29, 0.717) is 24.6 Å². The predicted molar refractivity (Wildman–Crippen MR) is 99.4 cm³/mol. The quantitative estimate of drug-likeness (QED) is 0.756. The van der Waals surface area contributed by atoms with E-state index >= 15 is 0 Å². The van der Waals surface area contributed by atoms with Gasteiger partial charge in [-0.3, -0.25) is 4.79 Å². The molecule has 2 N–H and O–H groups in total. The van der Waals surface area contributed by atoms with E-state index in [1.807, 2.05) is 31.2 Å². The van der Waals surface area contributed by atoms with Crippen LogP contribution in [0.1, 0.15) is 67.0 Å². The first kappa shape index (κ1) is 17.7. The Kier molecular flexibility index (Phi) is 5.59. The van der Waals surface area contributed by atoms with Crippen LogP contribution < -0.4 is 10.6 Å². The topological polar surface area (TPSA) is 54.3 Å². The number of hydrogen-bond acceptors (Lipinski definition) is 3. The second-order valence-corrected chi connectivity index (χ2v) is 7.21. The fraction of sp³-hybridized carbons (Fsp3) is 0.476. The summed E-state index contributed by atoms with van der Waals surface area (Å²) in [6.45, 7) is 7.75. The number of hydrogen-bond donors (Lipinski definition) is 2. The Balaban J connectivity index is 1.50. The Hall–Kier alpha value is -2.07. The van der Waals surface area contributed by atoms with E-state index in [0.717, 1.165) is 29.4 Å². The van der Waals surface area contributed by atoms with Crippen LogP contribution in [0.5, 0.6) is 0 Å². The van der Waals surface area contributed by atoms with Gasteiger partial charge in [-0.1, -0.05) is 26.0 Å². The molecule has 3 atom stereocenters. The first-order chi connectivity index (χ1) is 12.1. The lowest BCUT2D eigenvalue weighted by molar-refractivity contribution is 0.0939. The van der Waals surface area contributed by atoms with Crippen LogP contribution in [0.3, 0.4) is 0 Å². The van der Waals surface area contributed by atoms with Crippen molar-refractivity contribution in [3.05, 3.63) is 59.0 Å². The van der Waals surface area contributed by atoms with Crippen molar-refractivity contribution < 1.29 is 9.21 Å². The lowest BCUT2D eigenvalue weighted by atomic mass is 10.1. The number of nitrogens with one attached hydrogen (secondary N) is 2. The van der Waals surface area contributed by atoms with Crippen molar-refractivity contribution in [2.75, 3.05) is 0 Å². The molecule has 1 fully saturated rings. The summed E-state index contributed by atoms with van der Waals surface area (Å²) in [5.41, 5.74) is 1.81. The highest BCUT2D eigenvalue weighted by Crippen LogP contribution is 2.47. The zero-order valence-electron chi connectivity index (χ0n) is 15.3. The number of benzene rings is 1. The Labute approximate surface area is 150 Å². The van der Waals surface area contributed by atoms with E-state index in [1.54, 1.807) is 0 Å². The van der Waals surface area contributed by atoms with Crippen molar-refractivity contribution in [2.45, 2.75) is 58.7 Å². The molecule has 2 aromatic rings. The highest BCUT2D eigenvalue weighted by Gasteiger charge is 2.36. The molecular weight excluding hydrogens is 312 g/mol. The van der Waals surface area contributed by atoms with Gasteiger partial charge in [-0.05, 0) is 55.5 Å². The average Bonchev–Trinajstić information content (AvgIpc) is 3.16. The summed E-state index contributed by atoms with van der Waals surface area (Å²) in [5, 5.41) is 6.40. The molecule has 4 nitrogen and oxygen atoms in total. The maximum absolute atomic E-state index is 12.2. The highest BCUT2D eigenvalue weighted by molar-refractivity contribution is 5.94. The molecule has 0 bridgehead atoms. The highest BCUT2D eigenvalue weighted by atomic mass is 16.3. The van der Waals surface area contributed by atoms with Crippen LogP contribution in [0.25, 0.3) is 0 Å². The molecule has 1 aromatic heterocycles. The molecular formula is C21H28N2O2. The summed E-state index contributed by atoms with van der Waals surface area (Å²) in [5.74, 6) is 3.46. The van der Waals surface area contributed by atoms with Gasteiger partial charge >= 0.3 is 0 Å². The molecule has 0 spiro atoms. The number of carbonyl (C=O) groups is 1. The molecule has 1 aliphatic carbocycles. The molecule has 134 valence electrons. The molecule has 4 heteroatoms. The first-order valence-electron chi connectivity index (χ1n) is 9.26. The molecule has 25 heavy (non-hydrogen) atoms. The minimum absolute atomic E-state index is 0.00886. The van der Waals surface area contributed by atoms with Crippen LogP contribution in [-0.2, 0) is 13.1 Å². The zero-order chi connectivity index (χ0) is 17.8. The van der Waals surface area contributed by atoms with Crippen LogP contribution in [0.4, 0.5) is 0 Å². The van der Waals surface area contributed by atoms with Gasteiger partial charge in [0.25, 0.3) is 5.91 Å². The normalized spacial score (nSPS) is 20.3. The van der Waals surface area contributed by atoms with Gasteiger partial charge in [-0.15, -0.1) is 0 Å². The van der Waals surface area contributed by atoms with Crippen LogP contribution >= 0.6 is 0 Å². The van der Waals surface area contributed by atoms with Gasteiger partial charge in [0, 0.05) is 24.1 Å². The molecule has 1 amide bonds. The number of rotatable bonds is 8. The summed E-state index contributed by atoms with van der Waals surface area (Å²) >= 11 is 0. The van der Waals surface area contributed by atoms with Crippen molar-refractivity contribution in [3.63, 3.8) is 0 Å². The number of carbonyl (C=O) groups excluding carboxylic acids is 1. The van der Waals surface area contributed by atoms with Gasteiger partial charge in [-0.2, -0.15) is 0 Å². The monoisotopic (exact) mass is 340 g/mol. The van der Waals surface area contributed by atoms with E-state index in [1.165, 1.54) is 6.42 Å². The largest absolute Gasteiger partial charge is 0.464 e. The third-order valence-electron chi connectivity index (χ3n) is 4.96. The molecule has 1 aromatic carbocycles. The summed E-state index contributed by atoms with van der Waals surface area (Å²) < 4.78 is 5.91. The molecule has 0 radical (unpaired) electrons. The number of amides is 1. The van der Waals surface area contributed by atoms with Crippen molar-refractivity contribution in [1.82, 2.24) is 10.6 Å². The fourth-order valence-electron chi connectivity index (χ4n) is 2.97. The lowest BCUT2D eigenvalue weighted by Gasteiger charge is -2.12. The molecule has 1 heterocycles. The van der Waals surface area contributed by atoms with Gasteiger partial charge in [-0.25, -0.2) is 0 Å². The minimum Gasteiger partial charge on any atom is -0.464 e. The zero-order valence-corrected chi connectivity index (χ0v) is 15.3. The maximum atomic E-state index is 12.2. The molecule has 1 aliphatic rings. The summed E-state index contributed by atoms with van der Waals surface area (Å²) in [4.78, 5) is 12.2. The van der Waals surface area contributed by atoms with Crippen LogP contribution in [-0.4, -0.2) is 11.9 Å². The van der Waals surface area contributed by atoms with Gasteiger partial charge in [0.2, 0.25) is 0 Å². The fourth-order valence-corrected chi connectivity index (χ4v) is 2.97. The van der Waals surface area contributed by atoms with Crippen LogP contribution in [0, 0.1) is 5.92 Å². The van der Waals surface area contributed by atoms with Crippen molar-refractivity contribution >= 4 is 5.91 Å². The molecule has 1 saturated carbocycles. The molecule has 3 unspecified atom stereocenters. The second kappa shape index (κ2) is 7.87. The van der Waals surface area contributed by atoms with Gasteiger partial charge < -0.3 is 15.1 Å². The van der Waals surface area contributed by atoms with E-state index < -0.39 is 0 Å². The van der Waals surface area contributed by atoms with Crippen molar-refractivity contribution in [1.29, 1.82) is 0 Å². The third kappa shape index (κ3) is 4.73. The first-order valence-corrected chi connectivity index (χ1v) is 9.26. The standard InChI is InChI=1S/C21H28N2O2/c1-4-15(3)23-21(24)17-7-5-6-16(11-17)12-22-13-18-8-9-20(25-18)19-10-14(19)2/h5-9,11,14-15,19,22H,4,10,12-13H2,1-3H3,(H,23,24). The Bertz CT molecular complexity index is 722. The molecule has 0 aliphatic heterocycles. The summed E-state index contributed by atoms with van der Waals surface area (Å²) in [6, 6.07) is 12.1. The summed E-state index contributed by atoms with van der Waals surface area (Å²) in [7, 11) is 0. The van der Waals surface area contributed by atoms with E-state index in [4.69, 9.17) is 4.42 Å². The average molecular weight is 340 g/mol. The van der Waals surface area contributed by atoms with Gasteiger partial charge in [0.1, 0.15) is 11.5 Å². The van der Waals surface area contributed by atoms with Crippen molar-refractivity contribution in [2.24, 2.45) is 5.92 Å². The van der Waals surface area contributed by atoms with E-state index in [-0.39, 0.29) is 11.9 Å². The molecule has 3 rings (SSSR count). The summed E-state index contributed by atoms with van der Waals surface area (Å²) in [6.07, 6.45) is 2.17. The lowest BCUT2D eigenvalue weighted by Crippen LogP contribution is -2.32. The van der Waals surface area contributed by atoms with Crippen LogP contribution in [0.15, 0.2) is 40.8 Å². The third-order valence-corrected chi connectivity index (χ3v) is 4.96. The SMILES string of the molecule is CCC(C)NC(=O)c1cccc(CNCc2ccc(C3CC3C)o2)c1. The smallest absolute Gasteiger partial charge is 0.251 e. The number of furan rings is 1. The Morgan fingerprint density at radius 1 is 1.28 bits per heavy atom. The van der Waals surface area contributed by atoms with Gasteiger partial charge in [0.15, 0.2) is 0 Å². The second-order valence-electron chi connectivity index (χ2n) is 7.21. The van der Waals surface area contributed by atoms with E-state index in [2.05, 4.69) is 36.6 Å². The Morgan fingerprint density at radius 3 is 2.80 bits per heavy atom. The van der Waals surface area contributed by atoms with E-state index in [9.17, 15) is 4.79 Å². The predicted octanol–water partition coefficient (Wildman–Crippen LogP) is 4.22. The Morgan fingerprint density at radius 2 is 2.08 bits per heavy atom. The molecule has 0 saturated heterocycles. The van der Waals surface area contributed by atoms with Gasteiger partial charge in [0.05, 0.1) is 6.54 Å². The minimum atomic E-state index is -0.00886.